The molecule has 0 bridgehead atoms. The van der Waals surface area contributed by atoms with Gasteiger partial charge in [-0.1, -0.05) is 0 Å². The van der Waals surface area contributed by atoms with Crippen molar-refractivity contribution >= 4 is 0 Å². The second-order valence-corrected chi connectivity index (χ2v) is 6.09. The Labute approximate surface area is 143 Å². The van der Waals surface area contributed by atoms with E-state index in [0.29, 0.717) is 25.5 Å². The van der Waals surface area contributed by atoms with Gasteiger partial charge in [0.25, 0.3) is 0 Å². The minimum atomic E-state index is -4.34. The van der Waals surface area contributed by atoms with Gasteiger partial charge in [-0.3, -0.25) is 9.58 Å². The lowest BCUT2D eigenvalue weighted by Gasteiger charge is -2.23. The van der Waals surface area contributed by atoms with Crippen LogP contribution in [0.3, 0.4) is 0 Å². The summed E-state index contributed by atoms with van der Waals surface area (Å²) in [7, 11) is 1.87. The van der Waals surface area contributed by atoms with E-state index in [2.05, 4.69) is 10.00 Å². The summed E-state index contributed by atoms with van der Waals surface area (Å²) in [4.78, 5) is 2.19. The number of benzene rings is 1. The third-order valence-corrected chi connectivity index (χ3v) is 3.97. The monoisotopic (exact) mass is 355 g/mol. The van der Waals surface area contributed by atoms with Gasteiger partial charge >= 0.3 is 6.18 Å². The first-order chi connectivity index (χ1) is 11.9. The van der Waals surface area contributed by atoms with E-state index in [0.717, 1.165) is 30.8 Å². The number of ether oxygens (including phenoxy) is 2. The van der Waals surface area contributed by atoms with Crippen LogP contribution in [-0.2, 0) is 24.5 Å². The van der Waals surface area contributed by atoms with E-state index in [1.807, 2.05) is 19.4 Å². The molecule has 25 heavy (non-hydrogen) atoms. The van der Waals surface area contributed by atoms with Gasteiger partial charge in [0, 0.05) is 38.4 Å². The maximum absolute atomic E-state index is 12.6. The molecule has 0 saturated carbocycles. The van der Waals surface area contributed by atoms with Crippen LogP contribution in [0.2, 0.25) is 0 Å². The van der Waals surface area contributed by atoms with E-state index >= 15 is 0 Å². The van der Waals surface area contributed by atoms with E-state index in [1.165, 1.54) is 12.1 Å². The first-order valence-electron chi connectivity index (χ1n) is 8.02. The Morgan fingerprint density at radius 2 is 2.04 bits per heavy atom. The van der Waals surface area contributed by atoms with E-state index in [9.17, 15) is 13.2 Å². The van der Waals surface area contributed by atoms with Crippen LogP contribution in [-0.4, -0.2) is 47.1 Å². The number of aryl methyl sites for hydroxylation is 1. The Balaban J connectivity index is 1.61. The Hall–Kier alpha value is -2.06. The molecule has 8 heteroatoms. The van der Waals surface area contributed by atoms with E-state index in [-0.39, 0.29) is 6.10 Å². The lowest BCUT2D eigenvalue weighted by atomic mass is 10.2. The summed E-state index contributed by atoms with van der Waals surface area (Å²) in [5.41, 5.74) is 0.410. The third-order valence-electron chi connectivity index (χ3n) is 3.97. The highest BCUT2D eigenvalue weighted by atomic mass is 19.4. The highest BCUT2D eigenvalue weighted by Gasteiger charge is 2.30. The number of hydrogen-bond acceptors (Lipinski definition) is 4. The molecule has 1 aliphatic heterocycles. The van der Waals surface area contributed by atoms with E-state index < -0.39 is 11.7 Å². The first kappa shape index (κ1) is 17.8. The summed E-state index contributed by atoms with van der Waals surface area (Å²) < 4.78 is 51.0. The normalized spacial score (nSPS) is 19.6. The molecule has 2 aromatic rings. The molecule has 0 radical (unpaired) electrons. The van der Waals surface area contributed by atoms with Gasteiger partial charge in [-0.05, 0) is 24.3 Å². The van der Waals surface area contributed by atoms with E-state index in [1.54, 1.807) is 4.68 Å². The lowest BCUT2D eigenvalue weighted by Crippen LogP contribution is -2.35. The Kier molecular flexibility index (Phi) is 5.29. The van der Waals surface area contributed by atoms with Crippen molar-refractivity contribution in [1.29, 1.82) is 0 Å². The van der Waals surface area contributed by atoms with Gasteiger partial charge in [0.1, 0.15) is 11.9 Å². The van der Waals surface area contributed by atoms with Crippen LogP contribution in [0.15, 0.2) is 36.7 Å². The van der Waals surface area contributed by atoms with Crippen LogP contribution in [0.25, 0.3) is 0 Å². The van der Waals surface area contributed by atoms with Crippen molar-refractivity contribution in [2.24, 2.45) is 7.05 Å². The van der Waals surface area contributed by atoms with Crippen molar-refractivity contribution in [3.8, 4) is 5.75 Å². The molecule has 1 aliphatic rings. The molecule has 1 saturated heterocycles. The number of nitrogens with zero attached hydrogens (tertiary/aromatic N) is 3. The van der Waals surface area contributed by atoms with Crippen molar-refractivity contribution < 1.29 is 22.6 Å². The molecule has 3 rings (SSSR count). The minimum Gasteiger partial charge on any atom is -0.487 e. The average Bonchev–Trinajstić information content (AvgIpc) is 2.83. The average molecular weight is 355 g/mol. The van der Waals surface area contributed by atoms with Gasteiger partial charge in [0.15, 0.2) is 0 Å². The van der Waals surface area contributed by atoms with Crippen molar-refractivity contribution in [2.45, 2.75) is 18.8 Å². The zero-order valence-electron chi connectivity index (χ0n) is 13.9. The smallest absolute Gasteiger partial charge is 0.416 e. The molecular formula is C17H20F3N3O2. The van der Waals surface area contributed by atoms with Crippen LogP contribution in [0.4, 0.5) is 13.2 Å². The van der Waals surface area contributed by atoms with Crippen LogP contribution < -0.4 is 4.74 Å². The predicted molar refractivity (Wildman–Crippen MR) is 85.2 cm³/mol. The van der Waals surface area contributed by atoms with Crippen LogP contribution >= 0.6 is 0 Å². The number of halogens is 3. The van der Waals surface area contributed by atoms with Crippen LogP contribution in [0, 0.1) is 0 Å². The molecule has 1 fully saturated rings. The fourth-order valence-electron chi connectivity index (χ4n) is 2.78. The Morgan fingerprint density at radius 1 is 1.28 bits per heavy atom. The van der Waals surface area contributed by atoms with Gasteiger partial charge in [0.05, 0.1) is 25.0 Å². The molecule has 136 valence electrons. The molecule has 1 aromatic heterocycles. The molecule has 0 aliphatic carbocycles. The number of alkyl halides is 3. The molecule has 0 N–H and O–H groups in total. The molecule has 1 aromatic carbocycles. The largest absolute Gasteiger partial charge is 0.487 e. The van der Waals surface area contributed by atoms with Crippen LogP contribution in [0.1, 0.15) is 11.1 Å². The number of aromatic nitrogens is 2. The molecule has 1 unspecified atom stereocenters. The maximum atomic E-state index is 12.6. The standard InChI is InChI=1S/C17H20F3N3O2/c1-22-9-13(8-21-22)10-23-6-7-24-12-16(11-23)25-15-4-2-14(3-5-15)17(18,19)20/h2-5,8-9,16H,6-7,10-12H2,1H3. The lowest BCUT2D eigenvalue weighted by molar-refractivity contribution is -0.137. The maximum Gasteiger partial charge on any atom is 0.416 e. The number of hydrogen-bond donors (Lipinski definition) is 0. The van der Waals surface area contributed by atoms with Gasteiger partial charge in [-0.2, -0.15) is 18.3 Å². The molecule has 0 amide bonds. The summed E-state index contributed by atoms with van der Waals surface area (Å²) in [6.07, 6.45) is -0.810. The van der Waals surface area contributed by atoms with Gasteiger partial charge in [0.2, 0.25) is 0 Å². The second-order valence-electron chi connectivity index (χ2n) is 6.09. The molecule has 0 spiro atoms. The summed E-state index contributed by atoms with van der Waals surface area (Å²) in [6.45, 7) is 3.12. The Morgan fingerprint density at radius 3 is 2.68 bits per heavy atom. The van der Waals surface area contributed by atoms with E-state index in [4.69, 9.17) is 9.47 Å². The molecule has 5 nitrogen and oxygen atoms in total. The van der Waals surface area contributed by atoms with Gasteiger partial charge < -0.3 is 9.47 Å². The van der Waals surface area contributed by atoms with Gasteiger partial charge in [-0.15, -0.1) is 0 Å². The summed E-state index contributed by atoms with van der Waals surface area (Å²) in [5.74, 6) is 0.407. The van der Waals surface area contributed by atoms with Crippen molar-refractivity contribution in [3.63, 3.8) is 0 Å². The summed E-state index contributed by atoms with van der Waals surface area (Å²) >= 11 is 0. The first-order valence-corrected chi connectivity index (χ1v) is 8.02. The highest BCUT2D eigenvalue weighted by molar-refractivity contribution is 5.29. The SMILES string of the molecule is Cn1cc(CN2CCOCC(Oc3ccc(C(F)(F)F)cc3)C2)cn1. The highest BCUT2D eigenvalue weighted by Crippen LogP contribution is 2.30. The second kappa shape index (κ2) is 7.45. The minimum absolute atomic E-state index is 0.240. The van der Waals surface area contributed by atoms with Crippen molar-refractivity contribution in [2.75, 3.05) is 26.3 Å². The summed E-state index contributed by atoms with van der Waals surface area (Å²) in [5, 5.41) is 4.16. The van der Waals surface area contributed by atoms with Gasteiger partial charge in [-0.25, -0.2) is 0 Å². The molecular weight excluding hydrogens is 335 g/mol. The zero-order chi connectivity index (χ0) is 17.9. The molecule has 2 heterocycles. The quantitative estimate of drug-likeness (QED) is 0.846. The van der Waals surface area contributed by atoms with Crippen LogP contribution in [0.5, 0.6) is 5.75 Å². The topological polar surface area (TPSA) is 39.5 Å². The fraction of sp³-hybridized carbons (Fsp3) is 0.471. The zero-order valence-corrected chi connectivity index (χ0v) is 13.9. The Bertz CT molecular complexity index is 685. The van der Waals surface area contributed by atoms with Crippen molar-refractivity contribution in [1.82, 2.24) is 14.7 Å². The third kappa shape index (κ3) is 4.96. The predicted octanol–water partition coefficient (Wildman–Crippen LogP) is 2.72. The van der Waals surface area contributed by atoms with Crippen molar-refractivity contribution in [3.05, 3.63) is 47.8 Å². The summed E-state index contributed by atoms with van der Waals surface area (Å²) in [6, 6.07) is 4.75. The number of rotatable bonds is 4. The fourth-order valence-corrected chi connectivity index (χ4v) is 2.78. The molecule has 1 atom stereocenters.